The largest absolute Gasteiger partial charge is 0.480 e. The molecule has 0 saturated heterocycles. The number of benzene rings is 2. The quantitative estimate of drug-likeness (QED) is 0.832. The minimum Gasteiger partial charge on any atom is -0.480 e. The van der Waals surface area contributed by atoms with Gasteiger partial charge in [0.2, 0.25) is 0 Å². The number of carboxylic acid groups (broad SMARTS) is 1. The van der Waals surface area contributed by atoms with Gasteiger partial charge in [0.15, 0.2) is 0 Å². The number of aliphatic hydroxyl groups excluding tert-OH is 1. The lowest BCUT2D eigenvalue weighted by Gasteiger charge is -2.24. The number of hydrogen-bond donors (Lipinski definition) is 2. The van der Waals surface area contributed by atoms with Crippen LogP contribution in [0.25, 0.3) is 11.1 Å². The van der Waals surface area contributed by atoms with E-state index in [1.54, 1.807) is 0 Å². The van der Waals surface area contributed by atoms with Crippen LogP contribution in [0.4, 0.5) is 4.79 Å². The summed E-state index contributed by atoms with van der Waals surface area (Å²) in [5, 5.41) is 18.2. The van der Waals surface area contributed by atoms with Gasteiger partial charge in [0, 0.05) is 26.0 Å². The maximum absolute atomic E-state index is 12.3. The van der Waals surface area contributed by atoms with Gasteiger partial charge in [0.05, 0.1) is 0 Å². The number of nitrogens with zero attached hydrogens (tertiary/aromatic N) is 1. The second kappa shape index (κ2) is 7.58. The average Bonchev–Trinajstić information content (AvgIpc) is 2.97. The van der Waals surface area contributed by atoms with E-state index in [9.17, 15) is 14.7 Å². The van der Waals surface area contributed by atoms with Crippen LogP contribution in [0.5, 0.6) is 0 Å². The van der Waals surface area contributed by atoms with Crippen molar-refractivity contribution in [3.8, 4) is 11.1 Å². The zero-order valence-corrected chi connectivity index (χ0v) is 14.5. The van der Waals surface area contributed by atoms with Crippen LogP contribution in [0.1, 0.15) is 23.5 Å². The Kier molecular flexibility index (Phi) is 5.23. The summed E-state index contributed by atoms with van der Waals surface area (Å²) in [4.78, 5) is 24.6. The standard InChI is InChI=1S/C20H21NO5/c1-21(18(10-11-22)19(23)24)20(25)26-12-17-15-8-4-2-6-13(15)14-7-3-5-9-16(14)17/h2-9,17-18,22H,10-12H2,1H3,(H,23,24)/t18-/m1/s1. The van der Waals surface area contributed by atoms with Crippen LogP contribution < -0.4 is 0 Å². The number of ether oxygens (including phenoxy) is 1. The number of carbonyl (C=O) groups is 2. The number of carboxylic acids is 1. The fourth-order valence-electron chi connectivity index (χ4n) is 3.43. The summed E-state index contributed by atoms with van der Waals surface area (Å²) in [7, 11) is 1.37. The number of carbonyl (C=O) groups excluding carboxylic acids is 1. The molecule has 0 aromatic heterocycles. The van der Waals surface area contributed by atoms with Crippen LogP contribution in [-0.4, -0.2) is 53.5 Å². The predicted molar refractivity (Wildman–Crippen MR) is 96.0 cm³/mol. The Balaban J connectivity index is 1.75. The second-order valence-corrected chi connectivity index (χ2v) is 6.28. The molecule has 1 aliphatic rings. The Labute approximate surface area is 151 Å². The Morgan fingerprint density at radius 1 is 1.08 bits per heavy atom. The number of amides is 1. The first-order chi connectivity index (χ1) is 12.5. The van der Waals surface area contributed by atoms with E-state index in [-0.39, 0.29) is 25.6 Å². The molecule has 6 heteroatoms. The Morgan fingerprint density at radius 3 is 2.12 bits per heavy atom. The third kappa shape index (κ3) is 3.28. The van der Waals surface area contributed by atoms with Crippen molar-refractivity contribution in [2.45, 2.75) is 18.4 Å². The lowest BCUT2D eigenvalue weighted by atomic mass is 9.98. The Hall–Kier alpha value is -2.86. The van der Waals surface area contributed by atoms with Crippen LogP contribution in [0, 0.1) is 0 Å². The van der Waals surface area contributed by atoms with Crippen molar-refractivity contribution in [2.24, 2.45) is 0 Å². The summed E-state index contributed by atoms with van der Waals surface area (Å²) in [6.45, 7) is -0.194. The third-order valence-corrected chi connectivity index (χ3v) is 4.78. The maximum atomic E-state index is 12.3. The van der Waals surface area contributed by atoms with Crippen molar-refractivity contribution in [1.29, 1.82) is 0 Å². The van der Waals surface area contributed by atoms with Crippen molar-refractivity contribution >= 4 is 12.1 Å². The van der Waals surface area contributed by atoms with Gasteiger partial charge in [-0.05, 0) is 22.3 Å². The molecule has 6 nitrogen and oxygen atoms in total. The van der Waals surface area contributed by atoms with E-state index >= 15 is 0 Å². The smallest absolute Gasteiger partial charge is 0.410 e. The highest BCUT2D eigenvalue weighted by Gasteiger charge is 2.31. The van der Waals surface area contributed by atoms with E-state index in [2.05, 4.69) is 0 Å². The van der Waals surface area contributed by atoms with E-state index in [4.69, 9.17) is 9.84 Å². The minimum atomic E-state index is -1.17. The SMILES string of the molecule is CN(C(=O)OCC1c2ccccc2-c2ccccc21)[C@H](CCO)C(=O)O. The summed E-state index contributed by atoms with van der Waals surface area (Å²) in [5.41, 5.74) is 4.44. The molecule has 1 atom stereocenters. The number of aliphatic carboxylic acids is 1. The lowest BCUT2D eigenvalue weighted by molar-refractivity contribution is -0.142. The topological polar surface area (TPSA) is 87.1 Å². The van der Waals surface area contributed by atoms with Crippen LogP contribution in [-0.2, 0) is 9.53 Å². The molecule has 136 valence electrons. The number of hydrogen-bond acceptors (Lipinski definition) is 4. The van der Waals surface area contributed by atoms with Gasteiger partial charge in [-0.1, -0.05) is 48.5 Å². The first-order valence-corrected chi connectivity index (χ1v) is 8.46. The molecular formula is C20H21NO5. The third-order valence-electron chi connectivity index (χ3n) is 4.78. The maximum Gasteiger partial charge on any atom is 0.410 e. The predicted octanol–water partition coefficient (Wildman–Crippen LogP) is 2.70. The van der Waals surface area contributed by atoms with Gasteiger partial charge < -0.3 is 14.9 Å². The summed E-state index contributed by atoms with van der Waals surface area (Å²) in [6.07, 6.45) is -0.761. The normalized spacial score (nSPS) is 13.6. The molecule has 0 fully saturated rings. The molecule has 0 aliphatic heterocycles. The Bertz CT molecular complexity index is 774. The highest BCUT2D eigenvalue weighted by atomic mass is 16.6. The van der Waals surface area contributed by atoms with Gasteiger partial charge in [0.1, 0.15) is 12.6 Å². The molecule has 2 N–H and O–H groups in total. The van der Waals surface area contributed by atoms with Crippen molar-refractivity contribution in [3.63, 3.8) is 0 Å². The number of rotatable bonds is 6. The number of fused-ring (bicyclic) bond motifs is 3. The van der Waals surface area contributed by atoms with Gasteiger partial charge in [-0.2, -0.15) is 0 Å². The summed E-state index contributed by atoms with van der Waals surface area (Å²) in [6, 6.07) is 14.9. The average molecular weight is 355 g/mol. The molecule has 1 aliphatic carbocycles. The number of aliphatic hydroxyl groups is 1. The van der Waals surface area contributed by atoms with Crippen LogP contribution in [0.2, 0.25) is 0 Å². The molecule has 0 heterocycles. The summed E-state index contributed by atoms with van der Waals surface area (Å²) >= 11 is 0. The summed E-state index contributed by atoms with van der Waals surface area (Å²) in [5.74, 6) is -1.25. The summed E-state index contributed by atoms with van der Waals surface area (Å²) < 4.78 is 5.42. The fraction of sp³-hybridized carbons (Fsp3) is 0.300. The zero-order valence-electron chi connectivity index (χ0n) is 14.5. The van der Waals surface area contributed by atoms with Gasteiger partial charge in [-0.15, -0.1) is 0 Å². The van der Waals surface area contributed by atoms with E-state index < -0.39 is 18.1 Å². The molecule has 2 aromatic rings. The highest BCUT2D eigenvalue weighted by Crippen LogP contribution is 2.44. The van der Waals surface area contributed by atoms with Crippen LogP contribution in [0.3, 0.4) is 0 Å². The molecule has 2 aromatic carbocycles. The molecule has 3 rings (SSSR count). The monoisotopic (exact) mass is 355 g/mol. The van der Waals surface area contributed by atoms with Gasteiger partial charge >= 0.3 is 12.1 Å². The van der Waals surface area contributed by atoms with Crippen molar-refractivity contribution in [1.82, 2.24) is 4.90 Å². The zero-order chi connectivity index (χ0) is 18.7. The van der Waals surface area contributed by atoms with Gasteiger partial charge in [-0.3, -0.25) is 4.90 Å². The van der Waals surface area contributed by atoms with E-state index in [1.807, 2.05) is 48.5 Å². The van der Waals surface area contributed by atoms with E-state index in [0.717, 1.165) is 27.2 Å². The van der Waals surface area contributed by atoms with Gasteiger partial charge in [0.25, 0.3) is 0 Å². The van der Waals surface area contributed by atoms with Gasteiger partial charge in [-0.25, -0.2) is 9.59 Å². The van der Waals surface area contributed by atoms with Crippen LogP contribution >= 0.6 is 0 Å². The first kappa shape index (κ1) is 17.9. The second-order valence-electron chi connectivity index (χ2n) is 6.28. The molecular weight excluding hydrogens is 334 g/mol. The van der Waals surface area contributed by atoms with E-state index in [0.29, 0.717) is 0 Å². The number of likely N-dealkylation sites (N-methyl/N-ethyl adjacent to an activating group) is 1. The first-order valence-electron chi connectivity index (χ1n) is 8.46. The molecule has 0 radical (unpaired) electrons. The molecule has 0 spiro atoms. The fourth-order valence-corrected chi connectivity index (χ4v) is 3.43. The molecule has 26 heavy (non-hydrogen) atoms. The van der Waals surface area contributed by atoms with Crippen molar-refractivity contribution in [3.05, 3.63) is 59.7 Å². The molecule has 0 bridgehead atoms. The lowest BCUT2D eigenvalue weighted by Crippen LogP contribution is -2.43. The Morgan fingerprint density at radius 2 is 1.62 bits per heavy atom. The molecule has 0 unspecified atom stereocenters. The molecule has 1 amide bonds. The minimum absolute atomic E-state index is 0.0456. The van der Waals surface area contributed by atoms with E-state index in [1.165, 1.54) is 7.05 Å². The highest BCUT2D eigenvalue weighted by molar-refractivity contribution is 5.81. The molecule has 0 saturated carbocycles. The van der Waals surface area contributed by atoms with Crippen molar-refractivity contribution < 1.29 is 24.5 Å². The van der Waals surface area contributed by atoms with Crippen LogP contribution in [0.15, 0.2) is 48.5 Å². The van der Waals surface area contributed by atoms with Crippen molar-refractivity contribution in [2.75, 3.05) is 20.3 Å².